The summed E-state index contributed by atoms with van der Waals surface area (Å²) in [5.74, 6) is -3.22. The van der Waals surface area contributed by atoms with Gasteiger partial charge in [0, 0.05) is 71.5 Å². The van der Waals surface area contributed by atoms with E-state index in [9.17, 15) is 38.7 Å². The molecular formula is C42H75N7O12. The number of hydrogen-bond acceptors (Lipinski definition) is 15. The van der Waals surface area contributed by atoms with Gasteiger partial charge in [-0.15, -0.1) is 0 Å². The van der Waals surface area contributed by atoms with Gasteiger partial charge in [0.25, 0.3) is 0 Å². The zero-order chi connectivity index (χ0) is 46.3. The zero-order valence-corrected chi connectivity index (χ0v) is 38.8. The number of carbonyl (C=O) groups is 7. The lowest BCUT2D eigenvalue weighted by atomic mass is 10.0. The number of hydrogen-bond donors (Lipinski definition) is 3. The summed E-state index contributed by atoms with van der Waals surface area (Å²) in [6.07, 6.45) is -0.710. The summed E-state index contributed by atoms with van der Waals surface area (Å²) in [5, 5.41) is 14.6. The predicted octanol–water partition coefficient (Wildman–Crippen LogP) is 1.71. The van der Waals surface area contributed by atoms with Gasteiger partial charge in [0.15, 0.2) is 0 Å². The minimum atomic E-state index is -1.35. The molecule has 61 heavy (non-hydrogen) atoms. The first-order valence-electron chi connectivity index (χ1n) is 21.3. The van der Waals surface area contributed by atoms with E-state index in [1.807, 2.05) is 40.4 Å². The highest BCUT2D eigenvalue weighted by Gasteiger charge is 2.32. The second-order valence-corrected chi connectivity index (χ2v) is 19.8. The van der Waals surface area contributed by atoms with Gasteiger partial charge in [-0.1, -0.05) is 0 Å². The number of likely N-dealkylation sites (tertiary alicyclic amines) is 1. The molecule has 350 valence electrons. The van der Waals surface area contributed by atoms with Crippen LogP contribution in [-0.4, -0.2) is 198 Å². The van der Waals surface area contributed by atoms with Crippen LogP contribution in [0.5, 0.6) is 0 Å². The lowest BCUT2D eigenvalue weighted by Crippen LogP contribution is -2.54. The Hall–Kier alpha value is -4.07. The zero-order valence-electron chi connectivity index (χ0n) is 38.8. The van der Waals surface area contributed by atoms with Crippen molar-refractivity contribution in [2.75, 3.05) is 91.6 Å². The smallest absolute Gasteiger partial charge is 0.408 e. The molecule has 0 spiro atoms. The molecule has 19 nitrogen and oxygen atoms in total. The SMILES string of the molecule is CC(C)(C)OC(=O)CN1CCN(CC(=O)OC(C)(C)C)CCN(CC(=O)N2CCC(NC(=O)[C@@H](CC(=O)O)NC(=O)OC(C)(C)C)CC2)CCN(CC(=O)OC(C)(C)C)CC1. The molecule has 3 N–H and O–H groups in total. The molecule has 0 aromatic carbocycles. The van der Waals surface area contributed by atoms with Crippen molar-refractivity contribution >= 4 is 41.8 Å². The number of ether oxygens (including phenoxy) is 4. The van der Waals surface area contributed by atoms with E-state index in [0.717, 1.165) is 0 Å². The number of rotatable bonds is 13. The average Bonchev–Trinajstić information content (AvgIpc) is 3.05. The molecular weight excluding hydrogens is 794 g/mol. The first kappa shape index (κ1) is 53.1. The van der Waals surface area contributed by atoms with Crippen LogP contribution in [0.4, 0.5) is 4.79 Å². The first-order chi connectivity index (χ1) is 27.9. The molecule has 19 heteroatoms. The summed E-state index contributed by atoms with van der Waals surface area (Å²) >= 11 is 0. The molecule has 2 aliphatic heterocycles. The van der Waals surface area contributed by atoms with Crippen LogP contribution >= 0.6 is 0 Å². The van der Waals surface area contributed by atoms with Crippen LogP contribution in [0.3, 0.4) is 0 Å². The van der Waals surface area contributed by atoms with Crippen molar-refractivity contribution < 1.29 is 57.6 Å². The molecule has 0 aromatic rings. The maximum Gasteiger partial charge on any atom is 0.408 e. The van der Waals surface area contributed by atoms with Gasteiger partial charge < -0.3 is 39.6 Å². The fraction of sp³-hybridized carbons (Fsp3) is 0.833. The van der Waals surface area contributed by atoms with Gasteiger partial charge in [-0.2, -0.15) is 0 Å². The lowest BCUT2D eigenvalue weighted by molar-refractivity contribution is -0.158. The Bertz CT molecular complexity index is 1440. The minimum Gasteiger partial charge on any atom is -0.481 e. The van der Waals surface area contributed by atoms with Crippen molar-refractivity contribution in [2.24, 2.45) is 0 Å². The molecule has 0 unspecified atom stereocenters. The molecule has 1 atom stereocenters. The molecule has 0 bridgehead atoms. The van der Waals surface area contributed by atoms with Crippen molar-refractivity contribution in [3.05, 3.63) is 0 Å². The number of carboxylic acid groups (broad SMARTS) is 1. The third kappa shape index (κ3) is 24.2. The molecule has 0 aliphatic carbocycles. The van der Waals surface area contributed by atoms with Gasteiger partial charge >= 0.3 is 30.0 Å². The highest BCUT2D eigenvalue weighted by atomic mass is 16.6. The van der Waals surface area contributed by atoms with Gasteiger partial charge in [-0.05, 0) is 95.9 Å². The summed E-state index contributed by atoms with van der Waals surface area (Å²) in [6.45, 7) is 25.2. The number of nitrogens with one attached hydrogen (secondary N) is 2. The number of amides is 3. The lowest BCUT2D eigenvalue weighted by Gasteiger charge is -2.36. The van der Waals surface area contributed by atoms with Gasteiger partial charge in [0.2, 0.25) is 11.8 Å². The van der Waals surface area contributed by atoms with Crippen LogP contribution in [0, 0.1) is 0 Å². The monoisotopic (exact) mass is 870 g/mol. The van der Waals surface area contributed by atoms with Crippen molar-refractivity contribution in [2.45, 2.75) is 137 Å². The quantitative estimate of drug-likeness (QED) is 0.177. The van der Waals surface area contributed by atoms with E-state index >= 15 is 0 Å². The summed E-state index contributed by atoms with van der Waals surface area (Å²) < 4.78 is 22.1. The topological polar surface area (TPSA) is 217 Å². The molecule has 0 aromatic heterocycles. The van der Waals surface area contributed by atoms with Gasteiger partial charge in [0.1, 0.15) is 28.4 Å². The van der Waals surface area contributed by atoms with Crippen LogP contribution in [0.15, 0.2) is 0 Å². The Morgan fingerprint density at radius 2 is 0.852 bits per heavy atom. The Kier molecular flexibility index (Phi) is 20.4. The maximum atomic E-state index is 13.9. The minimum absolute atomic E-state index is 0.00392. The van der Waals surface area contributed by atoms with Crippen LogP contribution in [0.2, 0.25) is 0 Å². The third-order valence-corrected chi connectivity index (χ3v) is 9.19. The standard InChI is InChI=1S/C42H75N7O12/c1-39(2,3)58-34(53)27-46-19-17-45(18-20-47(28-35(54)59-40(4,5)6)22-24-48(23-21-46)29-36(55)60-41(7,8)9)26-32(50)49-15-13-30(14-16-49)43-37(56)31(25-33(51)52)44-38(57)61-42(10,11)12/h30-31H,13-29H2,1-12H3,(H,43,56)(H,44,57)(H,51,52)/t31-/m1/s1. The van der Waals surface area contributed by atoms with Gasteiger partial charge in [-0.25, -0.2) is 4.79 Å². The van der Waals surface area contributed by atoms with Crippen molar-refractivity contribution in [1.82, 2.24) is 35.1 Å². The van der Waals surface area contributed by atoms with E-state index < -0.39 is 64.8 Å². The maximum absolute atomic E-state index is 13.9. The number of carboxylic acids is 1. The van der Waals surface area contributed by atoms with Gasteiger partial charge in [0.05, 0.1) is 32.6 Å². The molecule has 0 saturated carbocycles. The van der Waals surface area contributed by atoms with Crippen molar-refractivity contribution in [3.63, 3.8) is 0 Å². The molecule has 3 amide bonds. The fourth-order valence-corrected chi connectivity index (χ4v) is 6.58. The normalized spacial score (nSPS) is 18.5. The van der Waals surface area contributed by atoms with E-state index in [-0.39, 0.29) is 44.1 Å². The van der Waals surface area contributed by atoms with E-state index in [4.69, 9.17) is 18.9 Å². The van der Waals surface area contributed by atoms with E-state index in [1.165, 1.54) is 0 Å². The van der Waals surface area contributed by atoms with Crippen LogP contribution in [-0.2, 0) is 47.7 Å². The van der Waals surface area contributed by atoms with Crippen LogP contribution in [0.1, 0.15) is 102 Å². The summed E-state index contributed by atoms with van der Waals surface area (Å²) in [4.78, 5) is 99.4. The summed E-state index contributed by atoms with van der Waals surface area (Å²) in [5.41, 5.74) is -2.88. The van der Waals surface area contributed by atoms with Gasteiger partial charge in [-0.3, -0.25) is 48.4 Å². The number of piperidine rings is 1. The Labute approximate surface area is 362 Å². The van der Waals surface area contributed by atoms with Crippen molar-refractivity contribution in [1.29, 1.82) is 0 Å². The third-order valence-electron chi connectivity index (χ3n) is 9.19. The molecule has 2 heterocycles. The largest absolute Gasteiger partial charge is 0.481 e. The average molecular weight is 870 g/mol. The number of nitrogens with zero attached hydrogens (tertiary/aromatic N) is 5. The molecule has 2 aliphatic rings. The number of carbonyl (C=O) groups excluding carboxylic acids is 6. The molecule has 2 rings (SSSR count). The molecule has 2 saturated heterocycles. The number of aliphatic carboxylic acids is 1. The Morgan fingerprint density at radius 3 is 1.16 bits per heavy atom. The second kappa shape index (κ2) is 23.4. The highest BCUT2D eigenvalue weighted by molar-refractivity contribution is 5.89. The van der Waals surface area contributed by atoms with E-state index in [0.29, 0.717) is 78.3 Å². The Morgan fingerprint density at radius 1 is 0.525 bits per heavy atom. The van der Waals surface area contributed by atoms with E-state index in [1.54, 1.807) is 67.2 Å². The van der Waals surface area contributed by atoms with Crippen LogP contribution < -0.4 is 10.6 Å². The number of alkyl carbamates (subject to hydrolysis) is 1. The van der Waals surface area contributed by atoms with Crippen LogP contribution in [0.25, 0.3) is 0 Å². The summed E-state index contributed by atoms with van der Waals surface area (Å²) in [7, 11) is 0. The molecule has 2 fully saturated rings. The summed E-state index contributed by atoms with van der Waals surface area (Å²) in [6, 6.07) is -1.70. The van der Waals surface area contributed by atoms with E-state index in [2.05, 4.69) is 10.6 Å². The number of esters is 3. The second-order valence-electron chi connectivity index (χ2n) is 19.8. The predicted molar refractivity (Wildman–Crippen MR) is 226 cm³/mol. The van der Waals surface area contributed by atoms with Crippen molar-refractivity contribution in [3.8, 4) is 0 Å². The molecule has 0 radical (unpaired) electrons. The fourth-order valence-electron chi connectivity index (χ4n) is 6.58. The first-order valence-corrected chi connectivity index (χ1v) is 21.3. The Balaban J connectivity index is 2.22. The highest BCUT2D eigenvalue weighted by Crippen LogP contribution is 2.15.